The smallest absolute Gasteiger partial charge is 0.306 e. The Kier molecular flexibility index (Phi) is 11.4. The summed E-state index contributed by atoms with van der Waals surface area (Å²) in [5, 5.41) is 10.7. The largest absolute Gasteiger partial charge is 0.466 e. The molecular weight excluding hydrogens is 495 g/mol. The van der Waals surface area contributed by atoms with Gasteiger partial charge < -0.3 is 14.6 Å². The molecule has 208 valence electrons. The highest BCUT2D eigenvalue weighted by Gasteiger charge is 2.27. The van der Waals surface area contributed by atoms with Crippen molar-refractivity contribution in [2.45, 2.75) is 71.1 Å². The molecule has 0 spiro atoms. The van der Waals surface area contributed by atoms with Crippen molar-refractivity contribution in [3.05, 3.63) is 76.1 Å². The Bertz CT molecular complexity index is 1110. The number of ether oxygens (including phenoxy) is 2. The molecule has 1 heterocycles. The third-order valence-electron chi connectivity index (χ3n) is 6.87. The van der Waals surface area contributed by atoms with Crippen LogP contribution in [0.4, 0.5) is 13.2 Å². The van der Waals surface area contributed by atoms with Gasteiger partial charge in [-0.25, -0.2) is 13.2 Å². The van der Waals surface area contributed by atoms with Crippen LogP contribution in [0.15, 0.2) is 36.4 Å². The van der Waals surface area contributed by atoms with Gasteiger partial charge in [-0.05, 0) is 93.5 Å². The van der Waals surface area contributed by atoms with Gasteiger partial charge in [0.25, 0.3) is 0 Å². The summed E-state index contributed by atoms with van der Waals surface area (Å²) in [6, 6.07) is 7.73. The number of likely N-dealkylation sites (tertiary alicyclic amines) is 1. The Morgan fingerprint density at radius 1 is 1.18 bits per heavy atom. The first-order chi connectivity index (χ1) is 18.2. The monoisotopic (exact) mass is 533 g/mol. The molecule has 0 unspecified atom stereocenters. The predicted octanol–water partition coefficient (Wildman–Crippen LogP) is 5.91. The van der Waals surface area contributed by atoms with Crippen molar-refractivity contribution >= 4 is 12.0 Å². The van der Waals surface area contributed by atoms with Gasteiger partial charge in [0, 0.05) is 19.0 Å². The number of aryl methyl sites for hydroxylation is 1. The predicted molar refractivity (Wildman–Crippen MR) is 141 cm³/mol. The molecule has 5 nitrogen and oxygen atoms in total. The van der Waals surface area contributed by atoms with Gasteiger partial charge in [-0.1, -0.05) is 24.3 Å². The number of halogens is 3. The van der Waals surface area contributed by atoms with E-state index in [1.54, 1.807) is 45.1 Å². The average Bonchev–Trinajstić information content (AvgIpc) is 3.30. The van der Waals surface area contributed by atoms with Crippen molar-refractivity contribution in [3.63, 3.8) is 0 Å². The van der Waals surface area contributed by atoms with E-state index in [1.165, 1.54) is 0 Å². The van der Waals surface area contributed by atoms with Crippen LogP contribution in [0.1, 0.15) is 67.9 Å². The Hall–Kier alpha value is -2.68. The molecule has 1 N–H and O–H groups in total. The lowest BCUT2D eigenvalue weighted by Crippen LogP contribution is -2.39. The lowest BCUT2D eigenvalue weighted by Gasteiger charge is -2.27. The summed E-state index contributed by atoms with van der Waals surface area (Å²) in [7, 11) is 0. The zero-order chi connectivity index (χ0) is 27.7. The minimum atomic E-state index is -0.980. The van der Waals surface area contributed by atoms with E-state index < -0.39 is 23.8 Å². The van der Waals surface area contributed by atoms with E-state index >= 15 is 0 Å². The van der Waals surface area contributed by atoms with Gasteiger partial charge in [0.15, 0.2) is 11.6 Å². The van der Waals surface area contributed by atoms with Crippen LogP contribution < -0.4 is 0 Å². The van der Waals surface area contributed by atoms with E-state index in [4.69, 9.17) is 9.47 Å². The van der Waals surface area contributed by atoms with Crippen molar-refractivity contribution in [3.8, 4) is 0 Å². The number of carbonyl (C=O) groups excluding carboxylic acids is 1. The first kappa shape index (κ1) is 29.9. The van der Waals surface area contributed by atoms with Gasteiger partial charge in [0.05, 0.1) is 25.4 Å². The van der Waals surface area contributed by atoms with Crippen molar-refractivity contribution in [2.75, 3.05) is 26.3 Å². The quantitative estimate of drug-likeness (QED) is 0.324. The molecule has 1 aliphatic heterocycles. The summed E-state index contributed by atoms with van der Waals surface area (Å²) in [6.45, 7) is 6.77. The summed E-state index contributed by atoms with van der Waals surface area (Å²) >= 11 is 0. The van der Waals surface area contributed by atoms with Gasteiger partial charge in [0.1, 0.15) is 5.82 Å². The van der Waals surface area contributed by atoms with Crippen LogP contribution in [-0.4, -0.2) is 54.4 Å². The second-order valence-electron chi connectivity index (χ2n) is 9.85. The SMILES string of the molecule is CCOC(=O)CCC=Cc1cc(F)c(F)cc1[C@@H](C)OC[C@H](O)CN1CCC[C@H]1Cc1ccc(C)c(F)c1. The molecule has 3 rings (SSSR count). The van der Waals surface area contributed by atoms with E-state index in [0.29, 0.717) is 42.7 Å². The van der Waals surface area contributed by atoms with Crippen LogP contribution >= 0.6 is 0 Å². The fourth-order valence-corrected chi connectivity index (χ4v) is 4.79. The number of esters is 1. The number of aliphatic hydroxyl groups excluding tert-OH is 1. The zero-order valence-corrected chi connectivity index (χ0v) is 22.4. The second-order valence-corrected chi connectivity index (χ2v) is 9.85. The standard InChI is InChI=1S/C30H38F3NO4/c1-4-37-30(36)10-6-5-8-23-16-28(32)29(33)17-26(23)21(3)38-19-25(35)18-34-13-7-9-24(34)14-22-12-11-20(2)27(31)15-22/h5,8,11-12,15-17,21,24-25,35H,4,6-7,9-10,13-14,18-19H2,1-3H3/t21-,24+,25-/m1/s1. The number of allylic oxidation sites excluding steroid dienone is 1. The van der Waals surface area contributed by atoms with Crippen LogP contribution in [0, 0.1) is 24.4 Å². The van der Waals surface area contributed by atoms with Crippen molar-refractivity contribution in [2.24, 2.45) is 0 Å². The van der Waals surface area contributed by atoms with E-state index in [1.807, 2.05) is 6.07 Å². The molecule has 0 aromatic heterocycles. The fourth-order valence-electron chi connectivity index (χ4n) is 4.79. The molecule has 0 aliphatic carbocycles. The lowest BCUT2D eigenvalue weighted by atomic mass is 10.0. The van der Waals surface area contributed by atoms with Crippen LogP contribution in [0.2, 0.25) is 0 Å². The molecule has 8 heteroatoms. The lowest BCUT2D eigenvalue weighted by molar-refractivity contribution is -0.143. The minimum absolute atomic E-state index is 0.0224. The fraction of sp³-hybridized carbons (Fsp3) is 0.500. The van der Waals surface area contributed by atoms with Crippen molar-refractivity contribution in [1.29, 1.82) is 0 Å². The van der Waals surface area contributed by atoms with Gasteiger partial charge >= 0.3 is 5.97 Å². The normalized spacial score (nSPS) is 17.7. The van der Waals surface area contributed by atoms with Crippen LogP contribution in [0.5, 0.6) is 0 Å². The zero-order valence-electron chi connectivity index (χ0n) is 22.4. The maximum atomic E-state index is 14.0. The number of rotatable bonds is 13. The summed E-state index contributed by atoms with van der Waals surface area (Å²) in [6.07, 6.45) is 5.25. The second kappa shape index (κ2) is 14.5. The molecule has 0 radical (unpaired) electrons. The van der Waals surface area contributed by atoms with Crippen LogP contribution in [0.25, 0.3) is 6.08 Å². The van der Waals surface area contributed by atoms with Crippen LogP contribution in [-0.2, 0) is 20.7 Å². The number of β-amino-alcohol motifs (C(OH)–C–C–N with tert-alkyl or cyclic N) is 1. The molecule has 3 atom stereocenters. The maximum absolute atomic E-state index is 14.0. The number of aliphatic hydroxyl groups is 1. The summed E-state index contributed by atoms with van der Waals surface area (Å²) in [4.78, 5) is 13.7. The highest BCUT2D eigenvalue weighted by atomic mass is 19.2. The number of nitrogens with zero attached hydrogens (tertiary/aromatic N) is 1. The van der Waals surface area contributed by atoms with E-state index in [0.717, 1.165) is 37.1 Å². The number of carbonyl (C=O) groups is 1. The Balaban J connectivity index is 1.56. The van der Waals surface area contributed by atoms with E-state index in [2.05, 4.69) is 4.90 Å². The number of hydrogen-bond acceptors (Lipinski definition) is 5. The molecule has 2 aromatic carbocycles. The maximum Gasteiger partial charge on any atom is 0.306 e. The number of benzene rings is 2. The molecule has 1 saturated heterocycles. The molecule has 0 amide bonds. The molecular formula is C30H38F3NO4. The van der Waals surface area contributed by atoms with Crippen LogP contribution in [0.3, 0.4) is 0 Å². The first-order valence-electron chi connectivity index (χ1n) is 13.3. The first-order valence-corrected chi connectivity index (χ1v) is 13.3. The molecule has 2 aromatic rings. The average molecular weight is 534 g/mol. The van der Waals surface area contributed by atoms with Gasteiger partial charge in [-0.2, -0.15) is 0 Å². The van der Waals surface area contributed by atoms with Crippen molar-refractivity contribution in [1.82, 2.24) is 4.90 Å². The highest BCUT2D eigenvalue weighted by molar-refractivity contribution is 5.69. The van der Waals surface area contributed by atoms with Gasteiger partial charge in [0.2, 0.25) is 0 Å². The molecule has 0 bridgehead atoms. The summed E-state index contributed by atoms with van der Waals surface area (Å²) < 4.78 is 52.7. The summed E-state index contributed by atoms with van der Waals surface area (Å²) in [5.41, 5.74) is 2.45. The number of hydrogen-bond donors (Lipinski definition) is 1. The third kappa shape index (κ3) is 8.68. The van der Waals surface area contributed by atoms with E-state index in [9.17, 15) is 23.1 Å². The molecule has 38 heavy (non-hydrogen) atoms. The topological polar surface area (TPSA) is 59.0 Å². The Morgan fingerprint density at radius 3 is 2.68 bits per heavy atom. The molecule has 1 fully saturated rings. The van der Waals surface area contributed by atoms with Crippen molar-refractivity contribution < 1.29 is 32.5 Å². The summed E-state index contributed by atoms with van der Waals surface area (Å²) in [5.74, 6) is -2.48. The van der Waals surface area contributed by atoms with E-state index in [-0.39, 0.29) is 30.9 Å². The Morgan fingerprint density at radius 2 is 1.95 bits per heavy atom. The molecule has 1 aliphatic rings. The molecule has 0 saturated carbocycles. The Labute approximate surface area is 223 Å². The van der Waals surface area contributed by atoms with Gasteiger partial charge in [-0.15, -0.1) is 0 Å². The third-order valence-corrected chi connectivity index (χ3v) is 6.87. The van der Waals surface area contributed by atoms with Gasteiger partial charge in [-0.3, -0.25) is 9.69 Å². The highest BCUT2D eigenvalue weighted by Crippen LogP contribution is 2.27. The minimum Gasteiger partial charge on any atom is -0.466 e.